The molecule has 9 heteroatoms. The number of carbonyl (C=O) groups is 1. The van der Waals surface area contributed by atoms with Crippen LogP contribution in [0.5, 0.6) is 0 Å². The van der Waals surface area contributed by atoms with Crippen LogP contribution in [-0.4, -0.2) is 29.2 Å². The fourth-order valence-corrected chi connectivity index (χ4v) is 3.69. The molecule has 2 aromatic carbocycles. The smallest absolute Gasteiger partial charge is 0.355 e. The Bertz CT molecular complexity index is 1080. The summed E-state index contributed by atoms with van der Waals surface area (Å²) in [4.78, 5) is 14.5. The van der Waals surface area contributed by atoms with Crippen LogP contribution in [0.2, 0.25) is 0 Å². The minimum atomic E-state index is -4.83. The monoisotopic (exact) mass is 444 g/mol. The van der Waals surface area contributed by atoms with Crippen LogP contribution in [0.25, 0.3) is 11.3 Å². The highest BCUT2D eigenvalue weighted by Gasteiger charge is 2.34. The molecule has 2 heterocycles. The van der Waals surface area contributed by atoms with E-state index < -0.39 is 17.6 Å². The maximum absolute atomic E-state index is 13.4. The molecule has 1 amide bonds. The minimum Gasteiger partial charge on any atom is -0.355 e. The van der Waals surface area contributed by atoms with Gasteiger partial charge in [-0.25, -0.2) is 4.39 Å². The van der Waals surface area contributed by atoms with Crippen molar-refractivity contribution in [1.29, 1.82) is 0 Å². The Morgan fingerprint density at radius 1 is 0.969 bits per heavy atom. The number of piperidine rings is 1. The van der Waals surface area contributed by atoms with Gasteiger partial charge in [-0.1, -0.05) is 30.3 Å². The summed E-state index contributed by atoms with van der Waals surface area (Å²) in [6.45, 7) is 1.13. The number of aromatic nitrogens is 2. The summed E-state index contributed by atoms with van der Waals surface area (Å²) in [6, 6.07) is 15.9. The molecule has 0 radical (unpaired) electrons. The number of halogens is 4. The molecule has 0 unspecified atom stereocenters. The Morgan fingerprint density at radius 2 is 1.69 bits per heavy atom. The predicted octanol–water partition coefficient (Wildman–Crippen LogP) is 5.16. The molecule has 4 rings (SSSR count). The number of rotatable bonds is 4. The van der Waals surface area contributed by atoms with Crippen molar-refractivity contribution in [2.45, 2.75) is 19.0 Å². The number of benzene rings is 2. The molecule has 1 N–H and O–H groups in total. The summed E-state index contributed by atoms with van der Waals surface area (Å²) < 4.78 is 52.1. The van der Waals surface area contributed by atoms with Crippen molar-refractivity contribution in [2.24, 2.45) is 5.92 Å². The van der Waals surface area contributed by atoms with Gasteiger partial charge in [-0.05, 0) is 43.2 Å². The van der Waals surface area contributed by atoms with E-state index in [4.69, 9.17) is 0 Å². The molecule has 1 aliphatic heterocycles. The topological polar surface area (TPSA) is 58.1 Å². The van der Waals surface area contributed by atoms with E-state index in [9.17, 15) is 22.4 Å². The van der Waals surface area contributed by atoms with Crippen molar-refractivity contribution < 1.29 is 22.4 Å². The summed E-state index contributed by atoms with van der Waals surface area (Å²) in [6.07, 6.45) is -3.80. The van der Waals surface area contributed by atoms with E-state index in [0.29, 0.717) is 43.9 Å². The standard InChI is InChI=1S/C23H20F4N4O/c24-19-7-6-17(14-18(19)23(25,26)27)28-22(32)16-10-12-31(13-11-16)21-9-8-20(29-30-21)15-4-2-1-3-5-15/h1-9,14,16H,10-13H2,(H,28,32). The third-order valence-corrected chi connectivity index (χ3v) is 5.45. The van der Waals surface area contributed by atoms with Gasteiger partial charge in [0.2, 0.25) is 5.91 Å². The highest BCUT2D eigenvalue weighted by Crippen LogP contribution is 2.33. The van der Waals surface area contributed by atoms with Gasteiger partial charge in [-0.15, -0.1) is 10.2 Å². The highest BCUT2D eigenvalue weighted by atomic mass is 19.4. The van der Waals surface area contributed by atoms with E-state index in [0.717, 1.165) is 17.3 Å². The number of amides is 1. The van der Waals surface area contributed by atoms with Crippen LogP contribution in [0.15, 0.2) is 60.7 Å². The maximum atomic E-state index is 13.4. The number of hydrogen-bond acceptors (Lipinski definition) is 4. The molecule has 0 saturated carbocycles. The van der Waals surface area contributed by atoms with Gasteiger partial charge in [0.1, 0.15) is 5.82 Å². The Balaban J connectivity index is 1.35. The largest absolute Gasteiger partial charge is 0.419 e. The molecule has 1 fully saturated rings. The maximum Gasteiger partial charge on any atom is 0.419 e. The number of carbonyl (C=O) groups excluding carboxylic acids is 1. The number of alkyl halides is 3. The average Bonchev–Trinajstić information content (AvgIpc) is 2.80. The zero-order valence-corrected chi connectivity index (χ0v) is 16.9. The second kappa shape index (κ2) is 8.94. The Kier molecular flexibility index (Phi) is 6.07. The van der Waals surface area contributed by atoms with Crippen molar-refractivity contribution in [3.63, 3.8) is 0 Å². The van der Waals surface area contributed by atoms with Gasteiger partial charge in [0.15, 0.2) is 5.82 Å². The first kappa shape index (κ1) is 21.7. The van der Waals surface area contributed by atoms with E-state index in [2.05, 4.69) is 15.5 Å². The highest BCUT2D eigenvalue weighted by molar-refractivity contribution is 5.92. The lowest BCUT2D eigenvalue weighted by molar-refractivity contribution is -0.140. The van der Waals surface area contributed by atoms with Crippen LogP contribution in [-0.2, 0) is 11.0 Å². The van der Waals surface area contributed by atoms with Crippen LogP contribution in [0.4, 0.5) is 29.1 Å². The molecule has 1 aliphatic rings. The lowest BCUT2D eigenvalue weighted by Crippen LogP contribution is -2.38. The third-order valence-electron chi connectivity index (χ3n) is 5.45. The summed E-state index contributed by atoms with van der Waals surface area (Å²) >= 11 is 0. The van der Waals surface area contributed by atoms with Gasteiger partial charge >= 0.3 is 6.18 Å². The van der Waals surface area contributed by atoms with Crippen molar-refractivity contribution >= 4 is 17.4 Å². The molecule has 32 heavy (non-hydrogen) atoms. The van der Waals surface area contributed by atoms with E-state index in [1.807, 2.05) is 47.4 Å². The van der Waals surface area contributed by atoms with Crippen LogP contribution in [0.1, 0.15) is 18.4 Å². The quantitative estimate of drug-likeness (QED) is 0.565. The van der Waals surface area contributed by atoms with Gasteiger partial charge in [-0.2, -0.15) is 13.2 Å². The fraction of sp³-hybridized carbons (Fsp3) is 0.261. The van der Waals surface area contributed by atoms with Crippen LogP contribution >= 0.6 is 0 Å². The lowest BCUT2D eigenvalue weighted by atomic mass is 9.95. The second-order valence-electron chi connectivity index (χ2n) is 7.59. The second-order valence-corrected chi connectivity index (χ2v) is 7.59. The van der Waals surface area contributed by atoms with Crippen molar-refractivity contribution in [3.05, 3.63) is 72.0 Å². The summed E-state index contributed by atoms with van der Waals surface area (Å²) in [5, 5.41) is 11.0. The first-order chi connectivity index (χ1) is 15.3. The fourth-order valence-electron chi connectivity index (χ4n) is 3.69. The molecular formula is C23H20F4N4O. The Morgan fingerprint density at radius 3 is 2.31 bits per heavy atom. The minimum absolute atomic E-state index is 0.0754. The molecule has 3 aromatic rings. The molecule has 0 aliphatic carbocycles. The number of nitrogens with one attached hydrogen (secondary N) is 1. The van der Waals surface area contributed by atoms with E-state index >= 15 is 0 Å². The van der Waals surface area contributed by atoms with Gasteiger partial charge in [-0.3, -0.25) is 4.79 Å². The molecule has 5 nitrogen and oxygen atoms in total. The van der Waals surface area contributed by atoms with E-state index in [-0.39, 0.29) is 17.5 Å². The molecular weight excluding hydrogens is 424 g/mol. The number of hydrogen-bond donors (Lipinski definition) is 1. The van der Waals surface area contributed by atoms with Crippen LogP contribution in [0, 0.1) is 11.7 Å². The molecule has 0 atom stereocenters. The van der Waals surface area contributed by atoms with Gasteiger partial charge in [0, 0.05) is 30.3 Å². The lowest BCUT2D eigenvalue weighted by Gasteiger charge is -2.31. The average molecular weight is 444 g/mol. The number of anilines is 2. The van der Waals surface area contributed by atoms with Gasteiger partial charge in [0.05, 0.1) is 11.3 Å². The van der Waals surface area contributed by atoms with Crippen LogP contribution < -0.4 is 10.2 Å². The zero-order valence-electron chi connectivity index (χ0n) is 16.9. The summed E-state index contributed by atoms with van der Waals surface area (Å²) in [5.41, 5.74) is 0.258. The molecule has 1 saturated heterocycles. The van der Waals surface area contributed by atoms with Crippen molar-refractivity contribution in [1.82, 2.24) is 10.2 Å². The molecule has 1 aromatic heterocycles. The third kappa shape index (κ3) is 4.87. The zero-order chi connectivity index (χ0) is 22.7. The SMILES string of the molecule is O=C(Nc1ccc(F)c(C(F)(F)F)c1)C1CCN(c2ccc(-c3ccccc3)nn2)CC1. The summed E-state index contributed by atoms with van der Waals surface area (Å²) in [7, 11) is 0. The van der Waals surface area contributed by atoms with Crippen molar-refractivity contribution in [2.75, 3.05) is 23.3 Å². The first-order valence-electron chi connectivity index (χ1n) is 10.1. The van der Waals surface area contributed by atoms with E-state index in [1.54, 1.807) is 0 Å². The van der Waals surface area contributed by atoms with E-state index in [1.165, 1.54) is 0 Å². The molecule has 0 spiro atoms. The number of nitrogens with zero attached hydrogens (tertiary/aromatic N) is 3. The van der Waals surface area contributed by atoms with Crippen molar-refractivity contribution in [3.8, 4) is 11.3 Å². The Labute approximate surface area is 182 Å². The van der Waals surface area contributed by atoms with Gasteiger partial charge in [0.25, 0.3) is 0 Å². The predicted molar refractivity (Wildman–Crippen MR) is 112 cm³/mol. The Hall–Kier alpha value is -3.49. The normalized spacial score (nSPS) is 14.9. The molecule has 166 valence electrons. The molecule has 0 bridgehead atoms. The van der Waals surface area contributed by atoms with Crippen LogP contribution in [0.3, 0.4) is 0 Å². The van der Waals surface area contributed by atoms with Gasteiger partial charge < -0.3 is 10.2 Å². The summed E-state index contributed by atoms with van der Waals surface area (Å²) in [5.74, 6) is -1.41. The first-order valence-corrected chi connectivity index (χ1v) is 10.1.